The predicted octanol–water partition coefficient (Wildman–Crippen LogP) is 3.64. The maximum atomic E-state index is 13.7. The number of fused-ring (bicyclic) bond motifs is 1. The number of hydrogen-bond donors (Lipinski definition) is 1. The van der Waals surface area contributed by atoms with Crippen LogP contribution in [-0.2, 0) is 10.9 Å². The first-order valence-electron chi connectivity index (χ1n) is 10.4. The lowest BCUT2D eigenvalue weighted by atomic mass is 10.1. The van der Waals surface area contributed by atoms with Gasteiger partial charge in [-0.3, -0.25) is 4.79 Å². The van der Waals surface area contributed by atoms with Crippen LogP contribution in [0.1, 0.15) is 33.3 Å². The molecule has 11 heteroatoms. The van der Waals surface area contributed by atoms with E-state index >= 15 is 0 Å². The van der Waals surface area contributed by atoms with Crippen LogP contribution in [0.15, 0.2) is 54.7 Å². The summed E-state index contributed by atoms with van der Waals surface area (Å²) < 4.78 is 57.6. The minimum absolute atomic E-state index is 0.0278. The highest BCUT2D eigenvalue weighted by atomic mass is 19.4. The Bertz CT molecular complexity index is 1190. The number of halogens is 3. The van der Waals surface area contributed by atoms with Gasteiger partial charge in [-0.05, 0) is 43.3 Å². The van der Waals surface area contributed by atoms with E-state index in [2.05, 4.69) is 10.4 Å². The molecule has 178 valence electrons. The molecule has 0 saturated carbocycles. The van der Waals surface area contributed by atoms with Gasteiger partial charge in [-0.25, -0.2) is 9.48 Å². The van der Waals surface area contributed by atoms with Crippen molar-refractivity contribution in [1.82, 2.24) is 15.1 Å². The lowest BCUT2D eigenvalue weighted by molar-refractivity contribution is -0.143. The number of amides is 1. The molecule has 1 aliphatic rings. The van der Waals surface area contributed by atoms with Crippen LogP contribution in [0.25, 0.3) is 5.69 Å². The van der Waals surface area contributed by atoms with Crippen LogP contribution in [-0.4, -0.2) is 47.5 Å². The topological polar surface area (TPSA) is 91.7 Å². The quantitative estimate of drug-likeness (QED) is 0.548. The highest BCUT2D eigenvalue weighted by Gasteiger charge is 2.41. The highest BCUT2D eigenvalue weighted by Crippen LogP contribution is 2.34. The summed E-state index contributed by atoms with van der Waals surface area (Å²) in [5.74, 6) is -0.339. The van der Waals surface area contributed by atoms with E-state index in [1.807, 2.05) is 12.1 Å². The van der Waals surface area contributed by atoms with Gasteiger partial charge in [-0.2, -0.15) is 18.3 Å². The Hall–Kier alpha value is -4.02. The number of hydrogen-bond acceptors (Lipinski definition) is 6. The van der Waals surface area contributed by atoms with Gasteiger partial charge in [0.25, 0.3) is 5.91 Å². The van der Waals surface area contributed by atoms with Crippen LogP contribution >= 0.6 is 0 Å². The first kappa shape index (κ1) is 23.1. The zero-order chi connectivity index (χ0) is 24.3. The third-order valence-electron chi connectivity index (χ3n) is 4.96. The maximum Gasteiger partial charge on any atom is 0.434 e. The van der Waals surface area contributed by atoms with Crippen LogP contribution in [0, 0.1) is 0 Å². The number of benzene rings is 2. The van der Waals surface area contributed by atoms with Gasteiger partial charge in [0.15, 0.2) is 17.2 Å². The van der Waals surface area contributed by atoms with Crippen molar-refractivity contribution < 1.29 is 37.0 Å². The minimum atomic E-state index is -4.85. The smallest absolute Gasteiger partial charge is 0.434 e. The molecule has 1 unspecified atom stereocenters. The average Bonchev–Trinajstić information content (AvgIpc) is 3.29. The highest BCUT2D eigenvalue weighted by molar-refractivity contribution is 5.94. The van der Waals surface area contributed by atoms with Crippen LogP contribution in [0.4, 0.5) is 13.2 Å². The lowest BCUT2D eigenvalue weighted by Crippen LogP contribution is -2.40. The second-order valence-electron chi connectivity index (χ2n) is 7.29. The Labute approximate surface area is 192 Å². The molecule has 1 aliphatic heterocycles. The minimum Gasteiger partial charge on any atom is -0.486 e. The van der Waals surface area contributed by atoms with Crippen molar-refractivity contribution in [3.8, 4) is 17.2 Å². The summed E-state index contributed by atoms with van der Waals surface area (Å²) in [6.45, 7) is 1.86. The van der Waals surface area contributed by atoms with E-state index in [4.69, 9.17) is 14.2 Å². The maximum absolute atomic E-state index is 13.7. The van der Waals surface area contributed by atoms with Crippen molar-refractivity contribution in [2.75, 3.05) is 19.8 Å². The van der Waals surface area contributed by atoms with Crippen molar-refractivity contribution in [2.24, 2.45) is 0 Å². The number of nitrogens with zero attached hydrogens (tertiary/aromatic N) is 2. The average molecular weight is 475 g/mol. The molecular weight excluding hydrogens is 455 g/mol. The molecule has 0 spiro atoms. The molecule has 1 amide bonds. The fourth-order valence-electron chi connectivity index (χ4n) is 3.40. The number of para-hydroxylation sites is 2. The summed E-state index contributed by atoms with van der Waals surface area (Å²) in [4.78, 5) is 24.4. The molecule has 0 fully saturated rings. The van der Waals surface area contributed by atoms with Gasteiger partial charge in [0.05, 0.1) is 25.0 Å². The van der Waals surface area contributed by atoms with Gasteiger partial charge in [-0.1, -0.05) is 12.1 Å². The Morgan fingerprint density at radius 1 is 1.15 bits per heavy atom. The Kier molecular flexibility index (Phi) is 6.44. The van der Waals surface area contributed by atoms with Crippen LogP contribution in [0.2, 0.25) is 0 Å². The number of aromatic nitrogens is 2. The number of carbonyl (C=O) groups is 2. The zero-order valence-corrected chi connectivity index (χ0v) is 18.0. The summed E-state index contributed by atoms with van der Waals surface area (Å²) >= 11 is 0. The van der Waals surface area contributed by atoms with Crippen molar-refractivity contribution in [3.05, 3.63) is 71.5 Å². The molecule has 0 radical (unpaired) electrons. The number of carbonyl (C=O) groups excluding carboxylic acids is 2. The number of rotatable bonds is 6. The van der Waals surface area contributed by atoms with Gasteiger partial charge in [0, 0.05) is 5.56 Å². The number of esters is 1. The number of ether oxygens (including phenoxy) is 3. The fraction of sp³-hybridized carbons (Fsp3) is 0.261. The molecule has 1 aromatic heterocycles. The van der Waals surface area contributed by atoms with E-state index in [0.717, 1.165) is 6.20 Å². The van der Waals surface area contributed by atoms with Crippen molar-refractivity contribution >= 4 is 11.9 Å². The van der Waals surface area contributed by atoms with E-state index in [1.165, 1.54) is 31.2 Å². The molecule has 1 atom stereocenters. The second kappa shape index (κ2) is 9.46. The lowest BCUT2D eigenvalue weighted by Gasteiger charge is -2.26. The number of nitrogens with one attached hydrogen (secondary N) is 1. The van der Waals surface area contributed by atoms with Gasteiger partial charge in [0.1, 0.15) is 18.3 Å². The van der Waals surface area contributed by atoms with E-state index in [1.54, 1.807) is 12.1 Å². The normalized spacial score (nSPS) is 15.0. The summed E-state index contributed by atoms with van der Waals surface area (Å²) in [6, 6.07) is 12.5. The van der Waals surface area contributed by atoms with Crippen LogP contribution in [0.5, 0.6) is 11.5 Å². The summed E-state index contributed by atoms with van der Waals surface area (Å²) in [5, 5.41) is 6.43. The largest absolute Gasteiger partial charge is 0.486 e. The third kappa shape index (κ3) is 4.82. The molecule has 4 rings (SSSR count). The van der Waals surface area contributed by atoms with Crippen molar-refractivity contribution in [3.63, 3.8) is 0 Å². The molecular formula is C23H20F3N3O5. The summed E-state index contributed by atoms with van der Waals surface area (Å²) in [5.41, 5.74) is -1.68. The molecule has 2 aromatic carbocycles. The van der Waals surface area contributed by atoms with Gasteiger partial charge >= 0.3 is 12.1 Å². The molecule has 2 heterocycles. The van der Waals surface area contributed by atoms with Gasteiger partial charge < -0.3 is 19.5 Å². The molecule has 3 aromatic rings. The van der Waals surface area contributed by atoms with Crippen molar-refractivity contribution in [1.29, 1.82) is 0 Å². The Morgan fingerprint density at radius 3 is 2.53 bits per heavy atom. The Balaban J connectivity index is 1.45. The first-order chi connectivity index (χ1) is 16.3. The first-order valence-corrected chi connectivity index (χ1v) is 10.4. The molecule has 0 saturated heterocycles. The molecule has 34 heavy (non-hydrogen) atoms. The summed E-state index contributed by atoms with van der Waals surface area (Å²) in [7, 11) is 0. The van der Waals surface area contributed by atoms with Crippen LogP contribution in [0.3, 0.4) is 0 Å². The third-order valence-corrected chi connectivity index (χ3v) is 4.96. The standard InChI is InChI=1S/C23H20F3N3O5/c1-2-32-22(31)17-12-28-29(20(17)23(24,25)26)15-9-7-14(8-10-15)21(30)27-11-16-13-33-18-5-3-4-6-19(18)34-16/h3-10,12,16H,2,11,13H2,1H3,(H,27,30). The van der Waals surface area contributed by atoms with Crippen LogP contribution < -0.4 is 14.8 Å². The second-order valence-corrected chi connectivity index (χ2v) is 7.29. The van der Waals surface area contributed by atoms with Crippen molar-refractivity contribution in [2.45, 2.75) is 19.2 Å². The SMILES string of the molecule is CCOC(=O)c1cnn(-c2ccc(C(=O)NCC3COc4ccccc4O3)cc2)c1C(F)(F)F. The Morgan fingerprint density at radius 2 is 1.85 bits per heavy atom. The predicted molar refractivity (Wildman–Crippen MR) is 113 cm³/mol. The van der Waals surface area contributed by atoms with E-state index < -0.39 is 35.4 Å². The monoisotopic (exact) mass is 475 g/mol. The molecule has 0 aliphatic carbocycles. The molecule has 0 bridgehead atoms. The van der Waals surface area contributed by atoms with E-state index in [0.29, 0.717) is 16.2 Å². The zero-order valence-electron chi connectivity index (χ0n) is 18.0. The van der Waals surface area contributed by atoms with Gasteiger partial charge in [0.2, 0.25) is 0 Å². The molecule has 1 N–H and O–H groups in total. The number of alkyl halides is 3. The van der Waals surface area contributed by atoms with Gasteiger partial charge in [-0.15, -0.1) is 0 Å². The molecule has 8 nitrogen and oxygen atoms in total. The fourth-order valence-corrected chi connectivity index (χ4v) is 3.40. The summed E-state index contributed by atoms with van der Waals surface area (Å²) in [6.07, 6.45) is -4.43. The van der Waals surface area contributed by atoms with E-state index in [9.17, 15) is 22.8 Å². The van der Waals surface area contributed by atoms with E-state index in [-0.39, 0.29) is 31.0 Å².